The first-order chi connectivity index (χ1) is 15.1. The molecule has 0 fully saturated rings. The third-order valence-corrected chi connectivity index (χ3v) is 5.19. The van der Waals surface area contributed by atoms with Crippen molar-refractivity contribution in [2.75, 3.05) is 40.8 Å². The molecule has 1 amide bonds. The summed E-state index contributed by atoms with van der Waals surface area (Å²) in [5.41, 5.74) is 5.73. The van der Waals surface area contributed by atoms with Gasteiger partial charge in [-0.3, -0.25) is 9.69 Å². The number of nitrogens with zero attached hydrogens (tertiary/aromatic N) is 3. The Morgan fingerprint density at radius 3 is 2.38 bits per heavy atom. The molecule has 174 valence electrons. The van der Waals surface area contributed by atoms with E-state index in [9.17, 15) is 9.90 Å². The minimum absolute atomic E-state index is 0.0128. The van der Waals surface area contributed by atoms with E-state index >= 15 is 0 Å². The maximum Gasteiger partial charge on any atom is 0.254 e. The number of nitrogens with one attached hydrogen (secondary N) is 1. The Morgan fingerprint density at radius 2 is 1.75 bits per heavy atom. The number of likely N-dealkylation sites (N-methyl/N-ethyl adjacent to an activating group) is 2. The summed E-state index contributed by atoms with van der Waals surface area (Å²) in [6.45, 7) is 9.33. The van der Waals surface area contributed by atoms with Gasteiger partial charge in [0.15, 0.2) is 11.5 Å². The number of hydrazone groups is 1. The molecule has 0 aliphatic heterocycles. The van der Waals surface area contributed by atoms with Crippen molar-refractivity contribution in [2.24, 2.45) is 5.10 Å². The highest BCUT2D eigenvalue weighted by Gasteiger charge is 2.13. The molecule has 0 unspecified atom stereocenters. The topological polar surface area (TPSA) is 77.4 Å². The zero-order valence-corrected chi connectivity index (χ0v) is 20.1. The van der Waals surface area contributed by atoms with E-state index in [1.807, 2.05) is 11.9 Å². The third kappa shape index (κ3) is 7.98. The molecule has 0 bridgehead atoms. The van der Waals surface area contributed by atoms with Crippen molar-refractivity contribution in [1.29, 1.82) is 0 Å². The SMILES string of the molecule is COc1cccc(C=NNC(=O)CN(C)CCN(C)Cc2ccc(C(C)(C)C)cc2)c1O. The van der Waals surface area contributed by atoms with Crippen molar-refractivity contribution in [2.45, 2.75) is 32.7 Å². The molecule has 2 aromatic rings. The molecule has 0 radical (unpaired) electrons. The van der Waals surface area contributed by atoms with E-state index < -0.39 is 0 Å². The van der Waals surface area contributed by atoms with Crippen LogP contribution in [-0.2, 0) is 16.8 Å². The Bertz CT molecular complexity index is 904. The highest BCUT2D eigenvalue weighted by Crippen LogP contribution is 2.27. The number of hydrogen-bond acceptors (Lipinski definition) is 6. The number of amides is 1. The van der Waals surface area contributed by atoms with Crippen LogP contribution in [0, 0.1) is 0 Å². The number of aromatic hydroxyl groups is 1. The summed E-state index contributed by atoms with van der Waals surface area (Å²) in [6.07, 6.45) is 1.40. The second-order valence-corrected chi connectivity index (χ2v) is 9.11. The molecule has 0 aromatic heterocycles. The van der Waals surface area contributed by atoms with Gasteiger partial charge in [-0.2, -0.15) is 5.10 Å². The fraction of sp³-hybridized carbons (Fsp3) is 0.440. The van der Waals surface area contributed by atoms with E-state index in [0.717, 1.165) is 19.6 Å². The molecular weight excluding hydrogens is 404 g/mol. The second kappa shape index (κ2) is 11.6. The number of benzene rings is 2. The van der Waals surface area contributed by atoms with Crippen molar-refractivity contribution >= 4 is 12.1 Å². The molecule has 7 nitrogen and oxygen atoms in total. The van der Waals surface area contributed by atoms with E-state index in [0.29, 0.717) is 11.3 Å². The number of carbonyl (C=O) groups is 1. The van der Waals surface area contributed by atoms with Crippen LogP contribution in [0.25, 0.3) is 0 Å². The van der Waals surface area contributed by atoms with Gasteiger partial charge in [-0.15, -0.1) is 0 Å². The highest BCUT2D eigenvalue weighted by molar-refractivity contribution is 5.86. The Morgan fingerprint density at radius 1 is 1.09 bits per heavy atom. The highest BCUT2D eigenvalue weighted by atomic mass is 16.5. The van der Waals surface area contributed by atoms with Gasteiger partial charge in [-0.05, 0) is 42.8 Å². The van der Waals surface area contributed by atoms with Crippen LogP contribution in [0.2, 0.25) is 0 Å². The zero-order valence-electron chi connectivity index (χ0n) is 20.1. The average molecular weight is 441 g/mol. The van der Waals surface area contributed by atoms with Gasteiger partial charge in [-0.1, -0.05) is 51.1 Å². The molecule has 2 rings (SSSR count). The fourth-order valence-electron chi connectivity index (χ4n) is 3.18. The Kier molecular flexibility index (Phi) is 9.23. The quantitative estimate of drug-likeness (QED) is 0.438. The molecule has 32 heavy (non-hydrogen) atoms. The zero-order chi connectivity index (χ0) is 23.7. The van der Waals surface area contributed by atoms with Gasteiger partial charge in [0.05, 0.1) is 19.9 Å². The lowest BCUT2D eigenvalue weighted by Gasteiger charge is -2.22. The van der Waals surface area contributed by atoms with Gasteiger partial charge in [0, 0.05) is 25.2 Å². The molecule has 0 atom stereocenters. The van der Waals surface area contributed by atoms with Crippen LogP contribution in [0.3, 0.4) is 0 Å². The Hall–Kier alpha value is -2.90. The normalized spacial score (nSPS) is 12.0. The predicted octanol–water partition coefficient (Wildman–Crippen LogP) is 3.21. The average Bonchev–Trinajstić information content (AvgIpc) is 2.73. The van der Waals surface area contributed by atoms with Crippen LogP contribution in [0.15, 0.2) is 47.6 Å². The third-order valence-electron chi connectivity index (χ3n) is 5.19. The number of phenols is 1. The van der Waals surface area contributed by atoms with Crippen molar-refractivity contribution in [3.63, 3.8) is 0 Å². The first kappa shape index (κ1) is 25.4. The first-order valence-electron chi connectivity index (χ1n) is 10.7. The largest absolute Gasteiger partial charge is 0.504 e. The van der Waals surface area contributed by atoms with E-state index in [2.05, 4.69) is 67.5 Å². The van der Waals surface area contributed by atoms with Gasteiger partial charge < -0.3 is 14.7 Å². The van der Waals surface area contributed by atoms with Crippen LogP contribution in [-0.4, -0.2) is 67.9 Å². The summed E-state index contributed by atoms with van der Waals surface area (Å²) < 4.78 is 5.06. The molecule has 0 heterocycles. The molecular formula is C25H36N4O3. The molecule has 0 spiro atoms. The molecule has 0 saturated heterocycles. The van der Waals surface area contributed by atoms with E-state index in [-0.39, 0.29) is 23.6 Å². The number of hydrogen-bond donors (Lipinski definition) is 2. The van der Waals surface area contributed by atoms with Gasteiger partial charge in [-0.25, -0.2) is 5.43 Å². The number of methoxy groups -OCH3 is 1. The maximum atomic E-state index is 12.1. The monoisotopic (exact) mass is 440 g/mol. The summed E-state index contributed by atoms with van der Waals surface area (Å²) >= 11 is 0. The number of para-hydroxylation sites is 1. The first-order valence-corrected chi connectivity index (χ1v) is 10.7. The predicted molar refractivity (Wildman–Crippen MR) is 129 cm³/mol. The van der Waals surface area contributed by atoms with Crippen LogP contribution >= 0.6 is 0 Å². The van der Waals surface area contributed by atoms with Gasteiger partial charge in [0.1, 0.15) is 0 Å². The van der Waals surface area contributed by atoms with E-state index in [1.54, 1.807) is 18.2 Å². The number of carbonyl (C=O) groups excluding carboxylic acids is 1. The van der Waals surface area contributed by atoms with Crippen molar-refractivity contribution < 1.29 is 14.6 Å². The Labute approximate surface area is 191 Å². The van der Waals surface area contributed by atoms with Crippen LogP contribution in [0.4, 0.5) is 0 Å². The summed E-state index contributed by atoms with van der Waals surface area (Å²) in [5.74, 6) is 0.127. The fourth-order valence-corrected chi connectivity index (χ4v) is 3.18. The Balaban J connectivity index is 1.74. The number of phenolic OH excluding ortho intramolecular Hbond substituents is 1. The van der Waals surface area contributed by atoms with Crippen LogP contribution in [0.1, 0.15) is 37.5 Å². The van der Waals surface area contributed by atoms with Crippen molar-refractivity contribution in [3.8, 4) is 11.5 Å². The van der Waals surface area contributed by atoms with E-state index in [1.165, 1.54) is 24.5 Å². The smallest absolute Gasteiger partial charge is 0.254 e. The molecule has 0 aliphatic carbocycles. The molecule has 0 aliphatic rings. The molecule has 2 aromatic carbocycles. The number of rotatable bonds is 10. The maximum absolute atomic E-state index is 12.1. The van der Waals surface area contributed by atoms with E-state index in [4.69, 9.17) is 4.74 Å². The molecule has 7 heteroatoms. The van der Waals surface area contributed by atoms with Crippen LogP contribution < -0.4 is 10.2 Å². The van der Waals surface area contributed by atoms with Crippen LogP contribution in [0.5, 0.6) is 11.5 Å². The number of ether oxygens (including phenoxy) is 1. The van der Waals surface area contributed by atoms with Gasteiger partial charge >= 0.3 is 0 Å². The van der Waals surface area contributed by atoms with Gasteiger partial charge in [0.2, 0.25) is 0 Å². The van der Waals surface area contributed by atoms with Crippen molar-refractivity contribution in [1.82, 2.24) is 15.2 Å². The van der Waals surface area contributed by atoms with Crippen molar-refractivity contribution in [3.05, 3.63) is 59.2 Å². The second-order valence-electron chi connectivity index (χ2n) is 9.11. The lowest BCUT2D eigenvalue weighted by molar-refractivity contribution is -0.121. The minimum Gasteiger partial charge on any atom is -0.504 e. The minimum atomic E-state index is -0.216. The standard InChI is InChI=1S/C25H36N4O3/c1-25(2,3)21-12-10-19(11-13-21)17-28(4)14-15-29(5)18-23(30)27-26-16-20-8-7-9-22(32-6)24(20)31/h7-13,16,31H,14-15,17-18H2,1-6H3,(H,27,30). The van der Waals surface area contributed by atoms with Gasteiger partial charge in [0.25, 0.3) is 5.91 Å². The molecule has 0 saturated carbocycles. The lowest BCUT2D eigenvalue weighted by Crippen LogP contribution is -2.37. The summed E-state index contributed by atoms with van der Waals surface area (Å²) in [7, 11) is 5.47. The summed E-state index contributed by atoms with van der Waals surface area (Å²) in [5, 5.41) is 14.0. The summed E-state index contributed by atoms with van der Waals surface area (Å²) in [4.78, 5) is 16.3. The summed E-state index contributed by atoms with van der Waals surface area (Å²) in [6, 6.07) is 13.9. The molecule has 2 N–H and O–H groups in total. The lowest BCUT2D eigenvalue weighted by atomic mass is 9.87.